The first kappa shape index (κ1) is 35.3. The standard InChI is InChI=1S/C32H46N8O7/c1-5-19(3)27-30(43)35-25(32(45)46-4)16-20-9-11-22(12-10-20)47-15-14-39-18-21(37-38-39)17-24(34-28(41)23(33)6-2)31(44)40-13-7-8-26(40)29(42)36-27/h9-12,18-19,23-27H,5-8,13-17,33H2,1-4H3,(H,34,41)(H,35,43)(H,36,42)/t19-,23-,24-,25-,26-,27?/m0/s1. The molecule has 5 rings (SSSR count). The minimum atomic E-state index is -1.05. The van der Waals surface area contributed by atoms with Crippen molar-refractivity contribution in [2.75, 3.05) is 20.3 Å². The van der Waals surface area contributed by atoms with Crippen molar-refractivity contribution < 1.29 is 33.4 Å². The average molecular weight is 655 g/mol. The number of nitrogens with zero attached hydrogens (tertiary/aromatic N) is 4. The molecule has 3 aliphatic heterocycles. The van der Waals surface area contributed by atoms with Crippen molar-refractivity contribution in [1.29, 1.82) is 0 Å². The summed E-state index contributed by atoms with van der Waals surface area (Å²) < 4.78 is 12.4. The van der Waals surface area contributed by atoms with E-state index in [4.69, 9.17) is 15.2 Å². The highest BCUT2D eigenvalue weighted by molar-refractivity contribution is 5.96. The highest BCUT2D eigenvalue weighted by Crippen LogP contribution is 2.21. The molecule has 0 saturated carbocycles. The van der Waals surface area contributed by atoms with Gasteiger partial charge >= 0.3 is 5.97 Å². The van der Waals surface area contributed by atoms with Gasteiger partial charge in [-0.15, -0.1) is 5.10 Å². The molecule has 15 heteroatoms. The molecular formula is C32H46N8O7. The van der Waals surface area contributed by atoms with Crippen LogP contribution in [0.1, 0.15) is 57.7 Å². The van der Waals surface area contributed by atoms with Gasteiger partial charge in [-0.25, -0.2) is 9.48 Å². The number of nitrogens with one attached hydrogen (secondary N) is 3. The lowest BCUT2D eigenvalue weighted by atomic mass is 9.96. The first-order chi connectivity index (χ1) is 22.5. The third-order valence-corrected chi connectivity index (χ3v) is 8.78. The lowest BCUT2D eigenvalue weighted by Gasteiger charge is -2.31. The number of amides is 4. The smallest absolute Gasteiger partial charge is 0.328 e. The Balaban J connectivity index is 1.67. The molecule has 5 N–H and O–H groups in total. The molecule has 4 heterocycles. The zero-order valence-electron chi connectivity index (χ0n) is 27.4. The fraction of sp³-hybridized carbons (Fsp3) is 0.594. The Morgan fingerprint density at radius 2 is 1.83 bits per heavy atom. The summed E-state index contributed by atoms with van der Waals surface area (Å²) in [6, 6.07) is 2.39. The van der Waals surface area contributed by atoms with Crippen molar-refractivity contribution in [2.45, 2.75) is 96.1 Å². The van der Waals surface area contributed by atoms with Crippen LogP contribution in [-0.2, 0) is 48.1 Å². The number of ether oxygens (including phenoxy) is 2. The van der Waals surface area contributed by atoms with E-state index in [1.165, 1.54) is 12.0 Å². The van der Waals surface area contributed by atoms with E-state index < -0.39 is 59.8 Å². The molecule has 2 aromatic rings. The van der Waals surface area contributed by atoms with Gasteiger partial charge in [-0.05, 0) is 42.9 Å². The Labute approximate surface area is 274 Å². The van der Waals surface area contributed by atoms with Gasteiger partial charge in [-0.2, -0.15) is 0 Å². The van der Waals surface area contributed by atoms with E-state index in [9.17, 15) is 24.0 Å². The summed E-state index contributed by atoms with van der Waals surface area (Å²) in [5.41, 5.74) is 7.20. The van der Waals surface area contributed by atoms with Crippen LogP contribution in [0.3, 0.4) is 0 Å². The molecule has 0 aliphatic carbocycles. The van der Waals surface area contributed by atoms with Crippen LogP contribution in [0, 0.1) is 5.92 Å². The number of carbonyl (C=O) groups excluding carboxylic acids is 5. The Morgan fingerprint density at radius 1 is 1.09 bits per heavy atom. The topological polar surface area (TPSA) is 200 Å². The summed E-state index contributed by atoms with van der Waals surface area (Å²) in [7, 11) is 1.25. The van der Waals surface area contributed by atoms with Gasteiger partial charge in [0.05, 0.1) is 25.4 Å². The van der Waals surface area contributed by atoms with Crippen molar-refractivity contribution >= 4 is 29.6 Å². The summed E-state index contributed by atoms with van der Waals surface area (Å²) in [6.07, 6.45) is 3.72. The van der Waals surface area contributed by atoms with Crippen LogP contribution < -0.4 is 26.4 Å². The second-order valence-electron chi connectivity index (χ2n) is 12.1. The summed E-state index contributed by atoms with van der Waals surface area (Å²) in [5.74, 6) is -2.32. The van der Waals surface area contributed by atoms with Crippen LogP contribution in [0.4, 0.5) is 0 Å². The number of nitrogens with two attached hydrogens (primary N) is 1. The molecule has 47 heavy (non-hydrogen) atoms. The number of hydrogen-bond acceptors (Lipinski definition) is 10. The third-order valence-electron chi connectivity index (χ3n) is 8.78. The molecule has 1 saturated heterocycles. The number of hydrogen-bond donors (Lipinski definition) is 4. The quantitative estimate of drug-likeness (QED) is 0.304. The summed E-state index contributed by atoms with van der Waals surface area (Å²) >= 11 is 0. The van der Waals surface area contributed by atoms with Crippen LogP contribution in [0.15, 0.2) is 30.5 Å². The molecule has 1 unspecified atom stereocenters. The monoisotopic (exact) mass is 654 g/mol. The molecule has 1 aromatic heterocycles. The molecule has 1 aromatic carbocycles. The number of methoxy groups -OCH3 is 1. The van der Waals surface area contributed by atoms with Crippen LogP contribution >= 0.6 is 0 Å². The predicted molar refractivity (Wildman–Crippen MR) is 170 cm³/mol. The normalized spacial score (nSPS) is 24.0. The number of esters is 1. The number of rotatable bonds is 6. The van der Waals surface area contributed by atoms with Gasteiger partial charge in [0.25, 0.3) is 0 Å². The zero-order chi connectivity index (χ0) is 34.1. The van der Waals surface area contributed by atoms with Crippen LogP contribution in [0.25, 0.3) is 0 Å². The summed E-state index contributed by atoms with van der Waals surface area (Å²) in [4.78, 5) is 68.5. The lowest BCUT2D eigenvalue weighted by molar-refractivity contribution is -0.146. The first-order valence-corrected chi connectivity index (χ1v) is 16.2. The van der Waals surface area contributed by atoms with Crippen molar-refractivity contribution in [3.05, 3.63) is 41.7 Å². The Morgan fingerprint density at radius 3 is 2.51 bits per heavy atom. The highest BCUT2D eigenvalue weighted by Gasteiger charge is 2.40. The Hall–Kier alpha value is -4.53. The van der Waals surface area contributed by atoms with E-state index in [0.717, 1.165) is 5.56 Å². The minimum Gasteiger partial charge on any atom is -0.492 e. The molecule has 1 fully saturated rings. The maximum atomic E-state index is 14.0. The van der Waals surface area contributed by atoms with Crippen LogP contribution in [-0.4, -0.2) is 100.0 Å². The molecule has 15 nitrogen and oxygen atoms in total. The molecule has 4 bridgehead atoms. The van der Waals surface area contributed by atoms with Crippen LogP contribution in [0.2, 0.25) is 0 Å². The SMILES string of the molecule is CC[C@H](N)C(=O)N[C@H]1Cc2cn(nn2)CCOc2ccc(cc2)C[C@@H](C(=O)OC)NC(=O)C([C@@H](C)CC)NC(=O)[C@@H]2CCCN2C1=O. The molecule has 256 valence electrons. The van der Waals surface area contributed by atoms with Crippen molar-refractivity contribution in [2.24, 2.45) is 11.7 Å². The van der Waals surface area contributed by atoms with Gasteiger partial charge in [0, 0.05) is 25.6 Å². The predicted octanol–water partition coefficient (Wildman–Crippen LogP) is -0.142. The van der Waals surface area contributed by atoms with Crippen LogP contribution in [0.5, 0.6) is 5.75 Å². The Kier molecular flexibility index (Phi) is 12.3. The number of aromatic nitrogens is 3. The zero-order valence-corrected chi connectivity index (χ0v) is 27.4. The van der Waals surface area contributed by atoms with Gasteiger partial charge in [0.15, 0.2) is 0 Å². The molecule has 0 radical (unpaired) electrons. The highest BCUT2D eigenvalue weighted by atomic mass is 16.5. The first-order valence-electron chi connectivity index (χ1n) is 16.2. The third kappa shape index (κ3) is 9.05. The second-order valence-corrected chi connectivity index (χ2v) is 12.1. The van der Waals surface area contributed by atoms with Gasteiger partial charge in [-0.3, -0.25) is 19.2 Å². The van der Waals surface area contributed by atoms with Gasteiger partial charge < -0.3 is 36.1 Å². The van der Waals surface area contributed by atoms with Gasteiger partial charge in [0.2, 0.25) is 23.6 Å². The van der Waals surface area contributed by atoms with E-state index in [-0.39, 0.29) is 31.9 Å². The molecule has 4 amide bonds. The number of carbonyl (C=O) groups is 5. The van der Waals surface area contributed by atoms with Crippen molar-refractivity contribution in [3.8, 4) is 5.75 Å². The second kappa shape index (κ2) is 16.3. The van der Waals surface area contributed by atoms with E-state index in [2.05, 4.69) is 26.3 Å². The lowest BCUT2D eigenvalue weighted by Crippen LogP contribution is -2.59. The van der Waals surface area contributed by atoms with Gasteiger partial charge in [0.1, 0.15) is 36.5 Å². The molecule has 6 atom stereocenters. The Bertz CT molecular complexity index is 1410. The molecular weight excluding hydrogens is 608 g/mol. The van der Waals surface area contributed by atoms with Crippen molar-refractivity contribution in [3.63, 3.8) is 0 Å². The van der Waals surface area contributed by atoms with Gasteiger partial charge in [-0.1, -0.05) is 44.5 Å². The minimum absolute atomic E-state index is 0.0288. The van der Waals surface area contributed by atoms with E-state index in [1.807, 2.05) is 13.8 Å². The average Bonchev–Trinajstić information content (AvgIpc) is 3.75. The number of benzene rings is 1. The van der Waals surface area contributed by atoms with E-state index in [0.29, 0.717) is 43.7 Å². The number of fused-ring (bicyclic) bond motifs is 12. The maximum Gasteiger partial charge on any atom is 0.328 e. The van der Waals surface area contributed by atoms with E-state index >= 15 is 0 Å². The van der Waals surface area contributed by atoms with Crippen molar-refractivity contribution in [1.82, 2.24) is 35.8 Å². The summed E-state index contributed by atoms with van der Waals surface area (Å²) in [5, 5.41) is 16.7. The molecule has 3 aliphatic rings. The fourth-order valence-electron chi connectivity index (χ4n) is 5.68. The fourth-order valence-corrected chi connectivity index (χ4v) is 5.68. The summed E-state index contributed by atoms with van der Waals surface area (Å²) in [6.45, 7) is 6.41. The molecule has 0 spiro atoms. The maximum absolute atomic E-state index is 14.0. The largest absolute Gasteiger partial charge is 0.492 e. The van der Waals surface area contributed by atoms with E-state index in [1.54, 1.807) is 42.1 Å².